The average molecular weight is 237 g/mol. The van der Waals surface area contributed by atoms with Crippen LogP contribution in [0.5, 0.6) is 0 Å². The van der Waals surface area contributed by atoms with Crippen LogP contribution in [0.15, 0.2) is 22.6 Å². The molecule has 3 rings (SSSR count). The zero-order chi connectivity index (χ0) is 11.9. The number of rotatable bonds is 1. The van der Waals surface area contributed by atoms with Crippen LogP contribution >= 0.6 is 0 Å². The van der Waals surface area contributed by atoms with Crippen LogP contribution in [0.25, 0.3) is 11.1 Å². The second-order valence-corrected chi connectivity index (χ2v) is 4.27. The molecule has 1 aliphatic heterocycles. The Hall–Kier alpha value is -1.65. The summed E-state index contributed by atoms with van der Waals surface area (Å²) < 4.78 is 32.0. The minimum atomic E-state index is -2.65. The van der Waals surface area contributed by atoms with Gasteiger partial charge in [-0.05, 0) is 24.6 Å². The van der Waals surface area contributed by atoms with E-state index < -0.39 is 5.92 Å². The molecule has 1 saturated heterocycles. The van der Waals surface area contributed by atoms with Gasteiger partial charge < -0.3 is 9.32 Å². The van der Waals surface area contributed by atoms with E-state index in [0.717, 1.165) is 0 Å². The molecule has 0 amide bonds. The Bertz CT molecular complexity index is 505. The third-order valence-corrected chi connectivity index (χ3v) is 2.88. The van der Waals surface area contributed by atoms with E-state index >= 15 is 0 Å². The molecule has 0 unspecified atom stereocenters. The molecule has 0 bridgehead atoms. The molecule has 89 valence electrons. The van der Waals surface area contributed by atoms with Crippen LogP contribution in [0, 0.1) is 6.07 Å². The van der Waals surface area contributed by atoms with Crippen molar-refractivity contribution >= 4 is 17.1 Å². The lowest BCUT2D eigenvalue weighted by molar-refractivity contribution is -0.0127. The van der Waals surface area contributed by atoms with Crippen LogP contribution in [0.4, 0.5) is 14.8 Å². The molecule has 2 heterocycles. The summed E-state index contributed by atoms with van der Waals surface area (Å²) in [5, 5.41) is 0. The van der Waals surface area contributed by atoms with Crippen molar-refractivity contribution in [3.05, 3.63) is 24.3 Å². The number of aromatic nitrogens is 1. The Labute approximate surface area is 97.0 Å². The van der Waals surface area contributed by atoms with E-state index in [1.54, 1.807) is 18.2 Å². The number of nitrogens with zero attached hydrogens (tertiary/aromatic N) is 2. The van der Waals surface area contributed by atoms with Gasteiger partial charge in [-0.1, -0.05) is 6.07 Å². The SMILES string of the molecule is FC1(F)CCCN(c2nc3c[c]ccc3o2)C1. The molecule has 1 aliphatic rings. The number of fused-ring (bicyclic) bond motifs is 1. The molecule has 0 aliphatic carbocycles. The number of anilines is 1. The summed E-state index contributed by atoms with van der Waals surface area (Å²) in [7, 11) is 0. The topological polar surface area (TPSA) is 29.3 Å². The number of hydrogen-bond donors (Lipinski definition) is 0. The maximum Gasteiger partial charge on any atom is 0.298 e. The van der Waals surface area contributed by atoms with Gasteiger partial charge in [0.05, 0.1) is 6.54 Å². The molecule has 0 spiro atoms. The van der Waals surface area contributed by atoms with E-state index in [1.165, 1.54) is 4.90 Å². The van der Waals surface area contributed by atoms with Crippen molar-refractivity contribution in [3.63, 3.8) is 0 Å². The first-order valence-electron chi connectivity index (χ1n) is 5.53. The smallest absolute Gasteiger partial charge is 0.298 e. The first-order chi connectivity index (χ1) is 8.14. The van der Waals surface area contributed by atoms with Crippen molar-refractivity contribution in [2.45, 2.75) is 18.8 Å². The number of oxazole rings is 1. The Morgan fingerprint density at radius 2 is 2.35 bits per heavy atom. The zero-order valence-corrected chi connectivity index (χ0v) is 9.12. The summed E-state index contributed by atoms with van der Waals surface area (Å²) in [4.78, 5) is 5.70. The highest BCUT2D eigenvalue weighted by atomic mass is 19.3. The zero-order valence-electron chi connectivity index (χ0n) is 9.12. The fraction of sp³-hybridized carbons (Fsp3) is 0.417. The van der Waals surface area contributed by atoms with Gasteiger partial charge in [0, 0.05) is 13.0 Å². The van der Waals surface area contributed by atoms with Crippen molar-refractivity contribution in [1.29, 1.82) is 0 Å². The lowest BCUT2D eigenvalue weighted by atomic mass is 10.1. The molecule has 1 aromatic carbocycles. The highest BCUT2D eigenvalue weighted by Crippen LogP contribution is 2.30. The van der Waals surface area contributed by atoms with Crippen molar-refractivity contribution in [2.75, 3.05) is 18.0 Å². The fourth-order valence-corrected chi connectivity index (χ4v) is 2.07. The molecule has 1 aromatic heterocycles. The van der Waals surface area contributed by atoms with E-state index in [4.69, 9.17) is 4.42 Å². The quantitative estimate of drug-likeness (QED) is 0.763. The van der Waals surface area contributed by atoms with Gasteiger partial charge in [-0.15, -0.1) is 0 Å². The summed E-state index contributed by atoms with van der Waals surface area (Å²) in [5.41, 5.74) is 1.25. The third-order valence-electron chi connectivity index (χ3n) is 2.88. The van der Waals surface area contributed by atoms with E-state index in [0.29, 0.717) is 24.1 Å². The van der Waals surface area contributed by atoms with Crippen LogP contribution in [-0.2, 0) is 0 Å². The van der Waals surface area contributed by atoms with Crippen LogP contribution in [0.1, 0.15) is 12.8 Å². The number of benzene rings is 1. The molecule has 0 atom stereocenters. The normalized spacial score (nSPS) is 19.8. The molecule has 17 heavy (non-hydrogen) atoms. The monoisotopic (exact) mass is 237 g/mol. The maximum absolute atomic E-state index is 13.3. The number of piperidine rings is 1. The van der Waals surface area contributed by atoms with E-state index in [1.807, 2.05) is 0 Å². The van der Waals surface area contributed by atoms with Crippen LogP contribution in [0.2, 0.25) is 0 Å². The Morgan fingerprint density at radius 1 is 1.47 bits per heavy atom. The van der Waals surface area contributed by atoms with Crippen molar-refractivity contribution < 1.29 is 13.2 Å². The van der Waals surface area contributed by atoms with Gasteiger partial charge in [0.15, 0.2) is 5.58 Å². The third kappa shape index (κ3) is 1.97. The number of halogens is 2. The highest BCUT2D eigenvalue weighted by molar-refractivity contribution is 5.74. The largest absolute Gasteiger partial charge is 0.423 e. The predicted octanol–water partition coefficient (Wildman–Crippen LogP) is 2.86. The Kier molecular flexibility index (Phi) is 2.28. The minimum Gasteiger partial charge on any atom is -0.423 e. The predicted molar refractivity (Wildman–Crippen MR) is 59.2 cm³/mol. The summed E-state index contributed by atoms with van der Waals surface area (Å²) in [6.45, 7) is 0.246. The summed E-state index contributed by atoms with van der Waals surface area (Å²) in [6, 6.07) is 8.28. The van der Waals surface area contributed by atoms with Crippen LogP contribution in [-0.4, -0.2) is 24.0 Å². The molecule has 1 fully saturated rings. The lowest BCUT2D eigenvalue weighted by Crippen LogP contribution is -2.42. The molecular weight excluding hydrogens is 226 g/mol. The van der Waals surface area contributed by atoms with Crippen molar-refractivity contribution in [3.8, 4) is 0 Å². The molecular formula is C12H11F2N2O. The molecule has 1 radical (unpaired) electrons. The molecule has 5 heteroatoms. The van der Waals surface area contributed by atoms with Gasteiger partial charge in [0.25, 0.3) is 11.9 Å². The van der Waals surface area contributed by atoms with E-state index in [-0.39, 0.29) is 19.0 Å². The molecule has 3 nitrogen and oxygen atoms in total. The van der Waals surface area contributed by atoms with Gasteiger partial charge in [-0.25, -0.2) is 8.78 Å². The summed E-state index contributed by atoms with van der Waals surface area (Å²) >= 11 is 0. The minimum absolute atomic E-state index is 0.0580. The van der Waals surface area contributed by atoms with Crippen molar-refractivity contribution in [1.82, 2.24) is 4.98 Å². The van der Waals surface area contributed by atoms with Crippen LogP contribution < -0.4 is 4.90 Å². The van der Waals surface area contributed by atoms with Gasteiger partial charge in [-0.3, -0.25) is 0 Å². The lowest BCUT2D eigenvalue weighted by Gasteiger charge is -2.31. The first-order valence-corrected chi connectivity index (χ1v) is 5.53. The second kappa shape index (κ2) is 3.68. The van der Waals surface area contributed by atoms with Crippen molar-refractivity contribution in [2.24, 2.45) is 0 Å². The number of alkyl halides is 2. The van der Waals surface area contributed by atoms with Gasteiger partial charge in [-0.2, -0.15) is 4.98 Å². The molecule has 2 aromatic rings. The van der Waals surface area contributed by atoms with Gasteiger partial charge >= 0.3 is 0 Å². The van der Waals surface area contributed by atoms with Gasteiger partial charge in [0.1, 0.15) is 5.52 Å². The second-order valence-electron chi connectivity index (χ2n) is 4.27. The van der Waals surface area contributed by atoms with E-state index in [2.05, 4.69) is 11.1 Å². The average Bonchev–Trinajstić information content (AvgIpc) is 2.71. The molecule has 0 N–H and O–H groups in total. The van der Waals surface area contributed by atoms with Crippen LogP contribution in [0.3, 0.4) is 0 Å². The number of hydrogen-bond acceptors (Lipinski definition) is 3. The Morgan fingerprint density at radius 3 is 3.12 bits per heavy atom. The fourth-order valence-electron chi connectivity index (χ4n) is 2.07. The summed E-state index contributed by atoms with van der Waals surface area (Å²) in [5.74, 6) is -2.65. The summed E-state index contributed by atoms with van der Waals surface area (Å²) in [6.07, 6.45) is 0.398. The molecule has 0 saturated carbocycles. The Balaban J connectivity index is 1.93. The highest BCUT2D eigenvalue weighted by Gasteiger charge is 2.36. The van der Waals surface area contributed by atoms with E-state index in [9.17, 15) is 8.78 Å². The standard InChI is InChI=1S/C12H11F2N2O/c13-12(14)6-3-7-16(8-12)11-15-9-4-1-2-5-10(9)17-11/h2,4-5H,3,6-8H2. The first kappa shape index (κ1) is 10.5. The maximum atomic E-state index is 13.3. The van der Waals surface area contributed by atoms with Gasteiger partial charge in [0.2, 0.25) is 0 Å².